The first-order valence-electron chi connectivity index (χ1n) is 10.4. The van der Waals surface area contributed by atoms with Crippen LogP contribution in [0.15, 0.2) is 48.2 Å². The van der Waals surface area contributed by atoms with E-state index in [1.165, 1.54) is 18.2 Å². The number of allylic oxidation sites excluding steroid dienone is 4. The van der Waals surface area contributed by atoms with E-state index in [0.717, 1.165) is 25.8 Å². The summed E-state index contributed by atoms with van der Waals surface area (Å²) in [4.78, 5) is 12.7. The van der Waals surface area contributed by atoms with Gasteiger partial charge in [-0.1, -0.05) is 38.8 Å². The van der Waals surface area contributed by atoms with Crippen molar-refractivity contribution in [3.63, 3.8) is 0 Å². The fourth-order valence-corrected chi connectivity index (χ4v) is 2.47. The standard InChI is InChI=1S/C22H39FN4O3/c1-5-7-8-14-27(15-12-21(29)17-28)18-26(4)25-13-11-22(30)24-16-19(3)9-10-20(23)6-2/h6,9-13,17,19,22,24-25,29-30H,5,7-8,14-16,18H2,1-4H3/b10-9-,13-11+,20-6+,21-12-. The summed E-state index contributed by atoms with van der Waals surface area (Å²) in [5.41, 5.74) is 3.06. The lowest BCUT2D eigenvalue weighted by Crippen LogP contribution is -2.42. The van der Waals surface area contributed by atoms with Crippen molar-refractivity contribution in [2.75, 3.05) is 33.4 Å². The highest BCUT2D eigenvalue weighted by Gasteiger charge is 2.07. The molecule has 0 fully saturated rings. The molecule has 30 heavy (non-hydrogen) atoms. The van der Waals surface area contributed by atoms with Gasteiger partial charge in [0, 0.05) is 26.3 Å². The van der Waals surface area contributed by atoms with E-state index in [4.69, 9.17) is 0 Å². The molecular formula is C22H39FN4O3. The van der Waals surface area contributed by atoms with Crippen LogP contribution in [0.3, 0.4) is 0 Å². The molecule has 0 heterocycles. The third kappa shape index (κ3) is 15.9. The third-order valence-corrected chi connectivity index (χ3v) is 4.25. The molecule has 0 spiro atoms. The first kappa shape index (κ1) is 28.0. The summed E-state index contributed by atoms with van der Waals surface area (Å²) in [6.45, 7) is 8.09. The zero-order valence-electron chi connectivity index (χ0n) is 18.7. The van der Waals surface area contributed by atoms with E-state index in [0.29, 0.717) is 26.0 Å². The monoisotopic (exact) mass is 426 g/mol. The molecule has 0 aromatic carbocycles. The minimum Gasteiger partial charge on any atom is -0.505 e. The average Bonchev–Trinajstić information content (AvgIpc) is 2.73. The highest BCUT2D eigenvalue weighted by Crippen LogP contribution is 2.03. The van der Waals surface area contributed by atoms with E-state index in [1.807, 2.05) is 19.0 Å². The van der Waals surface area contributed by atoms with Gasteiger partial charge in [0.05, 0.1) is 6.67 Å². The van der Waals surface area contributed by atoms with E-state index in [1.54, 1.807) is 25.3 Å². The first-order valence-corrected chi connectivity index (χ1v) is 10.4. The number of hydrogen-bond acceptors (Lipinski definition) is 7. The quantitative estimate of drug-likeness (QED) is 0.0541. The molecule has 0 aliphatic rings. The van der Waals surface area contributed by atoms with Crippen LogP contribution in [0.2, 0.25) is 0 Å². The molecule has 0 saturated heterocycles. The highest BCUT2D eigenvalue weighted by atomic mass is 19.1. The number of nitrogens with zero attached hydrogens (tertiary/aromatic N) is 2. The lowest BCUT2D eigenvalue weighted by molar-refractivity contribution is -0.107. The molecular weight excluding hydrogens is 387 g/mol. The molecule has 0 saturated carbocycles. The Morgan fingerprint density at radius 3 is 2.63 bits per heavy atom. The minimum absolute atomic E-state index is 0.0712. The smallest absolute Gasteiger partial charge is 0.184 e. The van der Waals surface area contributed by atoms with Crippen molar-refractivity contribution < 1.29 is 19.4 Å². The summed E-state index contributed by atoms with van der Waals surface area (Å²) < 4.78 is 13.1. The van der Waals surface area contributed by atoms with Crippen molar-refractivity contribution in [1.29, 1.82) is 0 Å². The maximum absolute atomic E-state index is 13.1. The van der Waals surface area contributed by atoms with Crippen molar-refractivity contribution >= 4 is 6.29 Å². The number of unbranched alkanes of at least 4 members (excludes halogenated alkanes) is 2. The second-order valence-corrected chi connectivity index (χ2v) is 7.22. The van der Waals surface area contributed by atoms with Gasteiger partial charge in [-0.15, -0.1) is 0 Å². The van der Waals surface area contributed by atoms with Crippen molar-refractivity contribution in [1.82, 2.24) is 20.7 Å². The van der Waals surface area contributed by atoms with Gasteiger partial charge in [0.1, 0.15) is 12.1 Å². The molecule has 7 nitrogen and oxygen atoms in total. The molecule has 0 amide bonds. The number of halogens is 1. The van der Waals surface area contributed by atoms with Gasteiger partial charge in [0.2, 0.25) is 0 Å². The second kappa shape index (κ2) is 17.8. The Hall–Kier alpha value is -2.00. The van der Waals surface area contributed by atoms with Gasteiger partial charge in [0.15, 0.2) is 12.0 Å². The maximum atomic E-state index is 13.1. The molecule has 2 atom stereocenters. The van der Waals surface area contributed by atoms with Gasteiger partial charge in [-0.25, -0.2) is 9.40 Å². The first-order chi connectivity index (χ1) is 14.3. The Morgan fingerprint density at radius 2 is 2.00 bits per heavy atom. The van der Waals surface area contributed by atoms with E-state index < -0.39 is 6.23 Å². The molecule has 8 heteroatoms. The normalized spacial score (nSPS) is 15.5. The number of hydrazine groups is 1. The molecule has 172 valence electrons. The molecule has 0 radical (unpaired) electrons. The van der Waals surface area contributed by atoms with Crippen LogP contribution in [0.5, 0.6) is 0 Å². The fourth-order valence-electron chi connectivity index (χ4n) is 2.47. The molecule has 0 aliphatic heterocycles. The summed E-state index contributed by atoms with van der Waals surface area (Å²) in [6, 6.07) is 0. The number of aliphatic hydroxyl groups is 2. The minimum atomic E-state index is -0.832. The number of rotatable bonds is 17. The SMILES string of the molecule is C/C=C(F)\C=C/C(C)CNC(O)/C=C/NN(C)CN(C/C=C(\O)C=O)CCCCC. The van der Waals surface area contributed by atoms with Crippen LogP contribution in [-0.4, -0.2) is 66.0 Å². The number of carbonyl (C=O) groups is 1. The highest BCUT2D eigenvalue weighted by molar-refractivity contribution is 5.69. The zero-order valence-corrected chi connectivity index (χ0v) is 18.7. The van der Waals surface area contributed by atoms with Crippen LogP contribution in [-0.2, 0) is 4.79 Å². The van der Waals surface area contributed by atoms with E-state index in [2.05, 4.69) is 22.6 Å². The number of carbonyl (C=O) groups excluding carboxylic acids is 1. The van der Waals surface area contributed by atoms with Crippen LogP contribution in [0, 0.1) is 5.92 Å². The van der Waals surface area contributed by atoms with Crippen LogP contribution in [0.25, 0.3) is 0 Å². The summed E-state index contributed by atoms with van der Waals surface area (Å²) in [5, 5.41) is 24.1. The molecule has 2 unspecified atom stereocenters. The summed E-state index contributed by atoms with van der Waals surface area (Å²) in [7, 11) is 1.86. The van der Waals surface area contributed by atoms with Crippen molar-refractivity contribution in [3.05, 3.63) is 48.2 Å². The van der Waals surface area contributed by atoms with Gasteiger partial charge in [0.25, 0.3) is 0 Å². The fraction of sp³-hybridized carbons (Fsp3) is 0.591. The van der Waals surface area contributed by atoms with E-state index >= 15 is 0 Å². The predicted molar refractivity (Wildman–Crippen MR) is 120 cm³/mol. The molecule has 0 bridgehead atoms. The van der Waals surface area contributed by atoms with Crippen molar-refractivity contribution in [3.8, 4) is 0 Å². The molecule has 0 aliphatic carbocycles. The Morgan fingerprint density at radius 1 is 1.27 bits per heavy atom. The summed E-state index contributed by atoms with van der Waals surface area (Å²) >= 11 is 0. The summed E-state index contributed by atoms with van der Waals surface area (Å²) in [6.07, 6.45) is 12.1. The van der Waals surface area contributed by atoms with Gasteiger partial charge in [-0.3, -0.25) is 15.0 Å². The van der Waals surface area contributed by atoms with Gasteiger partial charge in [-0.2, -0.15) is 0 Å². The van der Waals surface area contributed by atoms with Crippen molar-refractivity contribution in [2.45, 2.75) is 46.3 Å². The largest absolute Gasteiger partial charge is 0.505 e. The van der Waals surface area contributed by atoms with E-state index in [9.17, 15) is 19.4 Å². The number of hydrogen-bond donors (Lipinski definition) is 4. The van der Waals surface area contributed by atoms with Crippen LogP contribution in [0.4, 0.5) is 4.39 Å². The van der Waals surface area contributed by atoms with Crippen LogP contribution >= 0.6 is 0 Å². The Kier molecular flexibility index (Phi) is 16.6. The second-order valence-electron chi connectivity index (χ2n) is 7.22. The predicted octanol–water partition coefficient (Wildman–Crippen LogP) is 3.00. The lowest BCUT2D eigenvalue weighted by atomic mass is 10.1. The van der Waals surface area contributed by atoms with Gasteiger partial charge in [-0.05, 0) is 44.0 Å². The van der Waals surface area contributed by atoms with Gasteiger partial charge < -0.3 is 15.6 Å². The average molecular weight is 427 g/mol. The topological polar surface area (TPSA) is 88.1 Å². The molecule has 0 aromatic rings. The molecule has 0 aromatic heterocycles. The Labute approximate surface area is 180 Å². The number of aliphatic hydroxyl groups excluding tert-OH is 2. The Balaban J connectivity index is 4.39. The van der Waals surface area contributed by atoms with Crippen LogP contribution < -0.4 is 10.7 Å². The van der Waals surface area contributed by atoms with Crippen molar-refractivity contribution in [2.24, 2.45) is 5.92 Å². The van der Waals surface area contributed by atoms with E-state index in [-0.39, 0.29) is 17.5 Å². The van der Waals surface area contributed by atoms with Gasteiger partial charge >= 0.3 is 0 Å². The molecule has 4 N–H and O–H groups in total. The zero-order chi connectivity index (χ0) is 22.8. The number of nitrogens with one attached hydrogen (secondary N) is 2. The lowest BCUT2D eigenvalue weighted by Gasteiger charge is -2.27. The Bertz CT molecular complexity index is 579. The maximum Gasteiger partial charge on any atom is 0.184 e. The molecule has 0 rings (SSSR count). The number of aldehydes is 1. The summed E-state index contributed by atoms with van der Waals surface area (Å²) in [5.74, 6) is -0.477. The third-order valence-electron chi connectivity index (χ3n) is 4.25. The van der Waals surface area contributed by atoms with Crippen LogP contribution in [0.1, 0.15) is 40.0 Å².